The molecule has 0 aliphatic rings. The number of rotatable bonds is 7. The zero-order valence-electron chi connectivity index (χ0n) is 14.1. The first kappa shape index (κ1) is 17.1. The Bertz CT molecular complexity index is 644. The summed E-state index contributed by atoms with van der Waals surface area (Å²) >= 11 is 0. The molecule has 2 aromatic carbocycles. The maximum Gasteiger partial charge on any atom is 0.310 e. The maximum absolute atomic E-state index is 11.6. The average molecular weight is 312 g/mol. The summed E-state index contributed by atoms with van der Waals surface area (Å²) in [4.78, 5) is 11.6. The highest BCUT2D eigenvalue weighted by Gasteiger charge is 2.12. The second-order valence-corrected chi connectivity index (χ2v) is 5.36. The molecule has 0 saturated heterocycles. The molecule has 0 aliphatic carbocycles. The minimum absolute atomic E-state index is 0.230. The molecule has 0 spiro atoms. The lowest BCUT2D eigenvalue weighted by Gasteiger charge is -2.15. The van der Waals surface area contributed by atoms with Gasteiger partial charge in [-0.25, -0.2) is 0 Å². The number of ether oxygens (including phenoxy) is 2. The highest BCUT2D eigenvalue weighted by Crippen LogP contribution is 2.25. The molecule has 23 heavy (non-hydrogen) atoms. The van der Waals surface area contributed by atoms with E-state index in [-0.39, 0.29) is 5.97 Å². The number of carbonyl (C=O) groups excluding carboxylic acids is 1. The molecule has 0 unspecified atom stereocenters. The molecule has 3 heteroatoms. The number of carbonyl (C=O) groups is 1. The van der Waals surface area contributed by atoms with E-state index in [0.717, 1.165) is 29.7 Å². The first-order valence-corrected chi connectivity index (χ1v) is 8.21. The Labute approximate surface area is 138 Å². The minimum Gasteiger partial charge on any atom is -0.489 e. The van der Waals surface area contributed by atoms with Gasteiger partial charge in [-0.3, -0.25) is 4.79 Å². The predicted octanol–water partition coefficient (Wildman–Crippen LogP) is 4.71. The lowest BCUT2D eigenvalue weighted by atomic mass is 10.0. The van der Waals surface area contributed by atoms with Crippen LogP contribution in [0.2, 0.25) is 0 Å². The van der Waals surface area contributed by atoms with Gasteiger partial charge in [0, 0.05) is 12.0 Å². The SMILES string of the molecule is CCC(=O)Oc1cccc(CC)c1COc1ccc(CC)cc1. The first-order valence-electron chi connectivity index (χ1n) is 8.21. The quantitative estimate of drug-likeness (QED) is 0.549. The summed E-state index contributed by atoms with van der Waals surface area (Å²) in [6.07, 6.45) is 2.23. The van der Waals surface area contributed by atoms with Crippen LogP contribution >= 0.6 is 0 Å². The topological polar surface area (TPSA) is 35.5 Å². The van der Waals surface area contributed by atoms with Crippen molar-refractivity contribution in [1.29, 1.82) is 0 Å². The van der Waals surface area contributed by atoms with Crippen molar-refractivity contribution in [3.8, 4) is 11.5 Å². The van der Waals surface area contributed by atoms with Gasteiger partial charge < -0.3 is 9.47 Å². The van der Waals surface area contributed by atoms with Gasteiger partial charge in [-0.1, -0.05) is 45.0 Å². The van der Waals surface area contributed by atoms with Crippen molar-refractivity contribution in [2.24, 2.45) is 0 Å². The standard InChI is InChI=1S/C20H24O3/c1-4-15-10-12-17(13-11-15)22-14-18-16(5-2)8-7-9-19(18)23-20(21)6-3/h7-13H,4-6,14H2,1-3H3. The molecule has 0 aliphatic heterocycles. The molecule has 0 radical (unpaired) electrons. The summed E-state index contributed by atoms with van der Waals surface area (Å²) in [6.45, 7) is 6.39. The molecule has 0 N–H and O–H groups in total. The number of benzene rings is 2. The van der Waals surface area contributed by atoms with E-state index >= 15 is 0 Å². The largest absolute Gasteiger partial charge is 0.489 e. The third-order valence-corrected chi connectivity index (χ3v) is 3.84. The Kier molecular flexibility index (Phi) is 6.21. The van der Waals surface area contributed by atoms with Crippen LogP contribution in [0.25, 0.3) is 0 Å². The summed E-state index contributed by atoms with van der Waals surface area (Å²) in [7, 11) is 0. The molecule has 122 valence electrons. The molecular weight excluding hydrogens is 288 g/mol. The number of hydrogen-bond acceptors (Lipinski definition) is 3. The van der Waals surface area contributed by atoms with E-state index in [0.29, 0.717) is 18.8 Å². The van der Waals surface area contributed by atoms with Crippen LogP contribution in [-0.4, -0.2) is 5.97 Å². The van der Waals surface area contributed by atoms with E-state index in [1.54, 1.807) is 6.92 Å². The molecule has 0 atom stereocenters. The number of aryl methyl sites for hydroxylation is 2. The Morgan fingerprint density at radius 3 is 2.30 bits per heavy atom. The minimum atomic E-state index is -0.230. The molecule has 3 nitrogen and oxygen atoms in total. The van der Waals surface area contributed by atoms with Crippen molar-refractivity contribution in [2.45, 2.75) is 46.6 Å². The molecule has 0 fully saturated rings. The van der Waals surface area contributed by atoms with Gasteiger partial charge in [0.25, 0.3) is 0 Å². The summed E-state index contributed by atoms with van der Waals surface area (Å²) in [5, 5.41) is 0. The van der Waals surface area contributed by atoms with Crippen LogP contribution in [-0.2, 0) is 24.2 Å². The van der Waals surface area contributed by atoms with Crippen LogP contribution in [0.3, 0.4) is 0 Å². The van der Waals surface area contributed by atoms with Crippen molar-refractivity contribution < 1.29 is 14.3 Å². The van der Waals surface area contributed by atoms with Gasteiger partial charge in [-0.2, -0.15) is 0 Å². The molecule has 0 bridgehead atoms. The van der Waals surface area contributed by atoms with Crippen molar-refractivity contribution in [3.63, 3.8) is 0 Å². The van der Waals surface area contributed by atoms with Crippen molar-refractivity contribution >= 4 is 5.97 Å². The van der Waals surface area contributed by atoms with Crippen LogP contribution in [0, 0.1) is 0 Å². The maximum atomic E-state index is 11.6. The molecule has 0 amide bonds. The Balaban J connectivity index is 2.17. The lowest BCUT2D eigenvalue weighted by molar-refractivity contribution is -0.134. The lowest BCUT2D eigenvalue weighted by Crippen LogP contribution is -2.10. The summed E-state index contributed by atoms with van der Waals surface area (Å²) < 4.78 is 11.3. The highest BCUT2D eigenvalue weighted by atomic mass is 16.5. The molecule has 2 aromatic rings. The van der Waals surface area contributed by atoms with Crippen LogP contribution in [0.4, 0.5) is 0 Å². The monoisotopic (exact) mass is 312 g/mol. The third-order valence-electron chi connectivity index (χ3n) is 3.84. The molecular formula is C20H24O3. The van der Waals surface area contributed by atoms with E-state index in [1.165, 1.54) is 5.56 Å². The van der Waals surface area contributed by atoms with Crippen LogP contribution < -0.4 is 9.47 Å². The van der Waals surface area contributed by atoms with Crippen molar-refractivity contribution in [1.82, 2.24) is 0 Å². The molecule has 0 saturated carbocycles. The fourth-order valence-corrected chi connectivity index (χ4v) is 2.37. The van der Waals surface area contributed by atoms with E-state index in [2.05, 4.69) is 26.0 Å². The fourth-order valence-electron chi connectivity index (χ4n) is 2.37. The van der Waals surface area contributed by atoms with Crippen LogP contribution in [0.1, 0.15) is 43.9 Å². The summed E-state index contributed by atoms with van der Waals surface area (Å²) in [5.41, 5.74) is 3.36. The van der Waals surface area contributed by atoms with Gasteiger partial charge in [0.05, 0.1) is 0 Å². The Morgan fingerprint density at radius 2 is 1.70 bits per heavy atom. The molecule has 0 heterocycles. The van der Waals surface area contributed by atoms with E-state index in [9.17, 15) is 4.79 Å². The van der Waals surface area contributed by atoms with E-state index in [1.807, 2.05) is 30.3 Å². The van der Waals surface area contributed by atoms with E-state index in [4.69, 9.17) is 9.47 Å². The van der Waals surface area contributed by atoms with Gasteiger partial charge in [-0.05, 0) is 42.2 Å². The van der Waals surface area contributed by atoms with Crippen molar-refractivity contribution in [2.75, 3.05) is 0 Å². The van der Waals surface area contributed by atoms with Gasteiger partial charge >= 0.3 is 5.97 Å². The highest BCUT2D eigenvalue weighted by molar-refractivity contribution is 5.72. The van der Waals surface area contributed by atoms with E-state index < -0.39 is 0 Å². The number of hydrogen-bond donors (Lipinski definition) is 0. The first-order chi connectivity index (χ1) is 11.2. The second-order valence-electron chi connectivity index (χ2n) is 5.36. The van der Waals surface area contributed by atoms with Crippen molar-refractivity contribution in [3.05, 3.63) is 59.2 Å². The Hall–Kier alpha value is -2.29. The third kappa shape index (κ3) is 4.59. The predicted molar refractivity (Wildman–Crippen MR) is 91.9 cm³/mol. The van der Waals surface area contributed by atoms with Gasteiger partial charge in [0.2, 0.25) is 0 Å². The Morgan fingerprint density at radius 1 is 0.957 bits per heavy atom. The number of esters is 1. The van der Waals surface area contributed by atoms with Crippen LogP contribution in [0.5, 0.6) is 11.5 Å². The summed E-state index contributed by atoms with van der Waals surface area (Å²) in [6, 6.07) is 13.9. The van der Waals surface area contributed by atoms with Gasteiger partial charge in [0.15, 0.2) is 0 Å². The zero-order valence-corrected chi connectivity index (χ0v) is 14.1. The normalized spacial score (nSPS) is 10.4. The molecule has 0 aromatic heterocycles. The average Bonchev–Trinajstić information content (AvgIpc) is 2.60. The van der Waals surface area contributed by atoms with Crippen LogP contribution in [0.15, 0.2) is 42.5 Å². The fraction of sp³-hybridized carbons (Fsp3) is 0.350. The smallest absolute Gasteiger partial charge is 0.310 e. The van der Waals surface area contributed by atoms with Gasteiger partial charge in [0.1, 0.15) is 18.1 Å². The second kappa shape index (κ2) is 8.37. The zero-order chi connectivity index (χ0) is 16.7. The summed E-state index contributed by atoms with van der Waals surface area (Å²) in [5.74, 6) is 1.19. The molecule has 2 rings (SSSR count). The van der Waals surface area contributed by atoms with Gasteiger partial charge in [-0.15, -0.1) is 0 Å².